The van der Waals surface area contributed by atoms with E-state index in [1.807, 2.05) is 0 Å². The van der Waals surface area contributed by atoms with Crippen LogP contribution in [0.1, 0.15) is 77.0 Å². The third kappa shape index (κ3) is 3.32. The van der Waals surface area contributed by atoms with Gasteiger partial charge in [0.2, 0.25) is 0 Å². The Bertz CT molecular complexity index is 705. The molecule has 134 valence electrons. The predicted molar refractivity (Wildman–Crippen MR) is 95.6 cm³/mol. The fourth-order valence-electron chi connectivity index (χ4n) is 3.91. The zero-order valence-corrected chi connectivity index (χ0v) is 15.2. The van der Waals surface area contributed by atoms with Crippen LogP contribution in [0.3, 0.4) is 0 Å². The highest BCUT2D eigenvalue weighted by Gasteiger charge is 2.40. The lowest BCUT2D eigenvalue weighted by atomic mass is 9.94. The van der Waals surface area contributed by atoms with Crippen LogP contribution in [-0.2, 0) is 0 Å². The Kier molecular flexibility index (Phi) is 4.93. The van der Waals surface area contributed by atoms with Gasteiger partial charge in [-0.25, -0.2) is 0 Å². The summed E-state index contributed by atoms with van der Waals surface area (Å²) in [5.74, 6) is -0.198. The summed E-state index contributed by atoms with van der Waals surface area (Å²) >= 11 is 0. The number of fused-ring (bicyclic) bond motifs is 1. The molecule has 0 radical (unpaired) electrons. The largest absolute Gasteiger partial charge is 0.341 e. The van der Waals surface area contributed by atoms with Crippen molar-refractivity contribution in [3.05, 3.63) is 34.9 Å². The van der Waals surface area contributed by atoms with Gasteiger partial charge in [0.1, 0.15) is 0 Å². The number of benzene rings is 1. The summed E-state index contributed by atoms with van der Waals surface area (Å²) in [6, 6.07) is 4.89. The van der Waals surface area contributed by atoms with Crippen molar-refractivity contribution in [1.82, 2.24) is 9.80 Å². The maximum absolute atomic E-state index is 12.8. The molecule has 0 aromatic heterocycles. The van der Waals surface area contributed by atoms with Crippen molar-refractivity contribution in [2.45, 2.75) is 52.0 Å². The zero-order valence-electron chi connectivity index (χ0n) is 15.2. The minimum absolute atomic E-state index is 0.00363. The van der Waals surface area contributed by atoms with Gasteiger partial charge in [-0.2, -0.15) is 0 Å². The third-order valence-electron chi connectivity index (χ3n) is 5.09. The Morgan fingerprint density at radius 1 is 1.12 bits per heavy atom. The van der Waals surface area contributed by atoms with Gasteiger partial charge >= 0.3 is 0 Å². The first kappa shape index (κ1) is 17.6. The lowest BCUT2D eigenvalue weighted by Gasteiger charge is -2.29. The summed E-state index contributed by atoms with van der Waals surface area (Å²) in [7, 11) is 1.76. The molecule has 0 saturated heterocycles. The lowest BCUT2D eigenvalue weighted by molar-refractivity contribution is 0.0548. The molecular weight excluding hydrogens is 316 g/mol. The quantitative estimate of drug-likeness (QED) is 0.789. The summed E-state index contributed by atoms with van der Waals surface area (Å²) in [5, 5.41) is 0. The second-order valence-corrected chi connectivity index (χ2v) is 7.61. The number of hydrogen-bond donors (Lipinski definition) is 0. The van der Waals surface area contributed by atoms with E-state index in [4.69, 9.17) is 0 Å². The van der Waals surface area contributed by atoms with Crippen molar-refractivity contribution < 1.29 is 14.4 Å². The normalized spacial score (nSPS) is 18.0. The minimum atomic E-state index is -0.243. The van der Waals surface area contributed by atoms with E-state index in [0.717, 1.165) is 25.7 Å². The van der Waals surface area contributed by atoms with Gasteiger partial charge in [-0.1, -0.05) is 33.1 Å². The molecule has 5 nitrogen and oxygen atoms in total. The standard InChI is InChI=1S/C20H26N2O3/c1-13(2)12-21(3)18(23)14-9-10-16-17(11-14)20(25)22(19(16)24)15-7-5-4-6-8-15/h9-11,13,15H,4-8,12H2,1-3H3. The number of hydrogen-bond acceptors (Lipinski definition) is 3. The van der Waals surface area contributed by atoms with Crippen LogP contribution in [-0.4, -0.2) is 47.2 Å². The Morgan fingerprint density at radius 2 is 1.76 bits per heavy atom. The van der Waals surface area contributed by atoms with Crippen LogP contribution < -0.4 is 0 Å². The molecule has 1 aromatic carbocycles. The highest BCUT2D eigenvalue weighted by Crippen LogP contribution is 2.31. The molecule has 1 aliphatic carbocycles. The molecule has 1 aromatic rings. The first-order valence-corrected chi connectivity index (χ1v) is 9.17. The van der Waals surface area contributed by atoms with Crippen LogP contribution >= 0.6 is 0 Å². The highest BCUT2D eigenvalue weighted by atomic mass is 16.2. The molecule has 0 N–H and O–H groups in total. The molecule has 5 heteroatoms. The molecule has 0 atom stereocenters. The SMILES string of the molecule is CC(C)CN(C)C(=O)c1ccc2c(c1)C(=O)N(C1CCCCC1)C2=O. The van der Waals surface area contributed by atoms with Gasteiger partial charge in [0.05, 0.1) is 11.1 Å². The number of amides is 3. The molecule has 25 heavy (non-hydrogen) atoms. The van der Waals surface area contributed by atoms with Crippen molar-refractivity contribution >= 4 is 17.7 Å². The Hall–Kier alpha value is -2.17. The second-order valence-electron chi connectivity index (χ2n) is 7.61. The van der Waals surface area contributed by atoms with Crippen molar-refractivity contribution in [3.63, 3.8) is 0 Å². The average Bonchev–Trinajstić information content (AvgIpc) is 2.85. The summed E-state index contributed by atoms with van der Waals surface area (Å²) in [5.41, 5.74) is 1.27. The van der Waals surface area contributed by atoms with Crippen molar-refractivity contribution in [1.29, 1.82) is 0 Å². The molecule has 0 spiro atoms. The molecule has 1 saturated carbocycles. The summed E-state index contributed by atoms with van der Waals surface area (Å²) < 4.78 is 0. The van der Waals surface area contributed by atoms with E-state index in [2.05, 4.69) is 13.8 Å². The topological polar surface area (TPSA) is 57.7 Å². The zero-order chi connectivity index (χ0) is 18.1. The Labute approximate surface area is 149 Å². The summed E-state index contributed by atoms with van der Waals surface area (Å²) in [6.07, 6.45) is 5.05. The summed E-state index contributed by atoms with van der Waals surface area (Å²) in [4.78, 5) is 41.1. The first-order valence-electron chi connectivity index (χ1n) is 9.17. The smallest absolute Gasteiger partial charge is 0.261 e. The lowest BCUT2D eigenvalue weighted by Crippen LogP contribution is -2.40. The van der Waals surface area contributed by atoms with Crippen LogP contribution in [0.5, 0.6) is 0 Å². The van der Waals surface area contributed by atoms with Crippen molar-refractivity contribution in [2.24, 2.45) is 5.92 Å². The predicted octanol–water partition coefficient (Wildman–Crippen LogP) is 3.34. The van der Waals surface area contributed by atoms with Gasteiger partial charge in [-0.05, 0) is 37.0 Å². The van der Waals surface area contributed by atoms with Crippen LogP contribution in [0.15, 0.2) is 18.2 Å². The molecule has 0 unspecified atom stereocenters. The van der Waals surface area contributed by atoms with Gasteiger partial charge in [-0.15, -0.1) is 0 Å². The van der Waals surface area contributed by atoms with Gasteiger partial charge in [0, 0.05) is 25.2 Å². The number of rotatable bonds is 4. The van der Waals surface area contributed by atoms with E-state index in [0.29, 0.717) is 29.2 Å². The maximum atomic E-state index is 12.8. The van der Waals surface area contributed by atoms with Crippen molar-refractivity contribution in [3.8, 4) is 0 Å². The monoisotopic (exact) mass is 342 g/mol. The van der Waals surface area contributed by atoms with E-state index in [9.17, 15) is 14.4 Å². The number of carbonyl (C=O) groups excluding carboxylic acids is 3. The van der Waals surface area contributed by atoms with E-state index in [1.165, 1.54) is 11.3 Å². The molecule has 1 aliphatic heterocycles. The molecule has 2 aliphatic rings. The van der Waals surface area contributed by atoms with Crippen LogP contribution in [0.4, 0.5) is 0 Å². The number of imide groups is 1. The third-order valence-corrected chi connectivity index (χ3v) is 5.09. The maximum Gasteiger partial charge on any atom is 0.261 e. The fourth-order valence-corrected chi connectivity index (χ4v) is 3.91. The van der Waals surface area contributed by atoms with Gasteiger partial charge in [-0.3, -0.25) is 19.3 Å². The number of carbonyl (C=O) groups is 3. The van der Waals surface area contributed by atoms with Gasteiger partial charge < -0.3 is 4.90 Å². The first-order chi connectivity index (χ1) is 11.9. The number of nitrogens with zero attached hydrogens (tertiary/aromatic N) is 2. The molecule has 3 amide bonds. The van der Waals surface area contributed by atoms with E-state index in [1.54, 1.807) is 30.1 Å². The van der Waals surface area contributed by atoms with E-state index in [-0.39, 0.29) is 23.8 Å². The molecule has 3 rings (SSSR count). The second kappa shape index (κ2) is 6.98. The molecule has 0 bridgehead atoms. The Morgan fingerprint density at radius 3 is 2.40 bits per heavy atom. The van der Waals surface area contributed by atoms with E-state index < -0.39 is 0 Å². The van der Waals surface area contributed by atoms with E-state index >= 15 is 0 Å². The highest BCUT2D eigenvalue weighted by molar-refractivity contribution is 6.22. The van der Waals surface area contributed by atoms with Gasteiger partial charge in [0.15, 0.2) is 0 Å². The van der Waals surface area contributed by atoms with Crippen LogP contribution in [0.2, 0.25) is 0 Å². The molecule has 1 heterocycles. The Balaban J connectivity index is 1.85. The summed E-state index contributed by atoms with van der Waals surface area (Å²) in [6.45, 7) is 4.75. The van der Waals surface area contributed by atoms with Crippen molar-refractivity contribution in [2.75, 3.05) is 13.6 Å². The molecular formula is C20H26N2O3. The minimum Gasteiger partial charge on any atom is -0.341 e. The van der Waals surface area contributed by atoms with Crippen LogP contribution in [0, 0.1) is 5.92 Å². The molecule has 1 fully saturated rings. The fraction of sp³-hybridized carbons (Fsp3) is 0.550. The van der Waals surface area contributed by atoms with Crippen LogP contribution in [0.25, 0.3) is 0 Å². The van der Waals surface area contributed by atoms with Gasteiger partial charge in [0.25, 0.3) is 17.7 Å². The average molecular weight is 342 g/mol.